The van der Waals surface area contributed by atoms with Crippen molar-refractivity contribution in [2.75, 3.05) is 5.32 Å². The topological polar surface area (TPSA) is 139 Å². The molecule has 0 saturated heterocycles. The van der Waals surface area contributed by atoms with Crippen molar-refractivity contribution in [3.63, 3.8) is 0 Å². The van der Waals surface area contributed by atoms with Gasteiger partial charge < -0.3 is 10.3 Å². The Bertz CT molecular complexity index is 1140. The number of rotatable bonds is 4. The van der Waals surface area contributed by atoms with Crippen molar-refractivity contribution in [3.8, 4) is 17.1 Å². The fraction of sp³-hybridized carbons (Fsp3) is 0. The fourth-order valence-corrected chi connectivity index (χ4v) is 2.61. The average molecular weight is 345 g/mol. The zero-order valence-corrected chi connectivity index (χ0v) is 13.2. The van der Waals surface area contributed by atoms with Gasteiger partial charge in [0.15, 0.2) is 0 Å². The minimum absolute atomic E-state index is 0.441. The minimum atomic E-state index is 0.441. The van der Waals surface area contributed by atoms with Crippen LogP contribution in [0.3, 0.4) is 0 Å². The molecule has 0 spiro atoms. The van der Waals surface area contributed by atoms with Crippen LogP contribution in [-0.4, -0.2) is 50.3 Å². The molecule has 0 bridgehead atoms. The zero-order chi connectivity index (χ0) is 17.3. The number of H-pyrrole nitrogens is 2. The monoisotopic (exact) mass is 345 g/mol. The first-order valence-electron chi connectivity index (χ1n) is 7.67. The summed E-state index contributed by atoms with van der Waals surface area (Å²) in [6.07, 6.45) is 8.49. The first kappa shape index (κ1) is 14.2. The van der Waals surface area contributed by atoms with Crippen LogP contribution in [0.1, 0.15) is 0 Å². The first-order valence-corrected chi connectivity index (χ1v) is 7.67. The van der Waals surface area contributed by atoms with Crippen molar-refractivity contribution in [3.05, 3.63) is 49.3 Å². The molecule has 0 amide bonds. The number of benzene rings is 1. The third-order valence-electron chi connectivity index (χ3n) is 3.77. The van der Waals surface area contributed by atoms with Gasteiger partial charge in [-0.3, -0.25) is 0 Å². The lowest BCUT2D eigenvalue weighted by Gasteiger charge is -2.09. The van der Waals surface area contributed by atoms with Gasteiger partial charge in [-0.15, -0.1) is 10.2 Å². The number of anilines is 2. The Hall–Kier alpha value is -4.15. The predicted octanol–water partition coefficient (Wildman–Crippen LogP) is 1.46. The summed E-state index contributed by atoms with van der Waals surface area (Å²) in [5.41, 5.74) is 4.03. The Morgan fingerprint density at radius 3 is 2.77 bits per heavy atom. The van der Waals surface area contributed by atoms with E-state index in [4.69, 9.17) is 0 Å². The van der Waals surface area contributed by atoms with Gasteiger partial charge in [0.25, 0.3) is 0 Å². The number of aromatic nitrogens is 10. The molecule has 0 fully saturated rings. The molecule has 4 aromatic heterocycles. The second kappa shape index (κ2) is 5.73. The van der Waals surface area contributed by atoms with Gasteiger partial charge in [0.2, 0.25) is 11.8 Å². The quantitative estimate of drug-likeness (QED) is 0.445. The summed E-state index contributed by atoms with van der Waals surface area (Å²) in [6.45, 7) is 0. The highest BCUT2D eigenvalue weighted by molar-refractivity contribution is 5.88. The standard InChI is InChI=1S/C15H11N11/c1-2-20-26(3-1)12-5-10(4-11-13(12)19-8-18-11)21-15-16-6-9(7-17-15)14-22-24-25-23-14/h1-8H,(H,18,19)(H,16,17,21)(H,22,23,24,25). The van der Waals surface area contributed by atoms with Crippen LogP contribution in [0, 0.1) is 0 Å². The summed E-state index contributed by atoms with van der Waals surface area (Å²) in [7, 11) is 0. The second-order valence-electron chi connectivity index (χ2n) is 5.40. The van der Waals surface area contributed by atoms with E-state index in [1.54, 1.807) is 29.6 Å². The summed E-state index contributed by atoms with van der Waals surface area (Å²) in [6, 6.07) is 5.73. The molecule has 0 unspecified atom stereocenters. The van der Waals surface area contributed by atoms with E-state index in [1.807, 2.05) is 24.4 Å². The Morgan fingerprint density at radius 1 is 1.08 bits per heavy atom. The van der Waals surface area contributed by atoms with Crippen molar-refractivity contribution >= 4 is 22.7 Å². The van der Waals surface area contributed by atoms with Gasteiger partial charge in [-0.25, -0.2) is 19.6 Å². The molecular formula is C15H11N11. The molecule has 0 aliphatic carbocycles. The predicted molar refractivity (Wildman–Crippen MR) is 91.7 cm³/mol. The van der Waals surface area contributed by atoms with Crippen LogP contribution in [0.15, 0.2) is 49.3 Å². The van der Waals surface area contributed by atoms with E-state index in [0.29, 0.717) is 17.3 Å². The maximum atomic E-state index is 4.36. The third-order valence-corrected chi connectivity index (χ3v) is 3.77. The van der Waals surface area contributed by atoms with E-state index >= 15 is 0 Å². The average Bonchev–Trinajstić information content (AvgIpc) is 3.42. The number of tetrazole rings is 1. The van der Waals surface area contributed by atoms with Gasteiger partial charge in [0, 0.05) is 30.5 Å². The number of aromatic amines is 2. The van der Waals surface area contributed by atoms with Gasteiger partial charge in [0.1, 0.15) is 5.52 Å². The fourth-order valence-electron chi connectivity index (χ4n) is 2.61. The normalized spacial score (nSPS) is 11.1. The van der Waals surface area contributed by atoms with Crippen molar-refractivity contribution in [1.29, 1.82) is 0 Å². The van der Waals surface area contributed by atoms with Crippen LogP contribution in [0.5, 0.6) is 0 Å². The number of fused-ring (bicyclic) bond motifs is 1. The highest BCUT2D eigenvalue weighted by Crippen LogP contribution is 2.25. The van der Waals surface area contributed by atoms with Gasteiger partial charge in [-0.05, 0) is 23.4 Å². The zero-order valence-electron chi connectivity index (χ0n) is 13.2. The number of imidazole rings is 1. The summed E-state index contributed by atoms with van der Waals surface area (Å²) >= 11 is 0. The number of nitrogens with zero attached hydrogens (tertiary/aromatic N) is 8. The van der Waals surface area contributed by atoms with Gasteiger partial charge in [0.05, 0.1) is 23.1 Å². The van der Waals surface area contributed by atoms with Crippen molar-refractivity contribution in [2.45, 2.75) is 0 Å². The molecule has 126 valence electrons. The molecule has 5 rings (SSSR count). The van der Waals surface area contributed by atoms with Crippen molar-refractivity contribution in [2.24, 2.45) is 0 Å². The van der Waals surface area contributed by atoms with Crippen molar-refractivity contribution in [1.82, 2.24) is 50.3 Å². The first-order chi connectivity index (χ1) is 12.9. The highest BCUT2D eigenvalue weighted by Gasteiger charge is 2.10. The lowest BCUT2D eigenvalue weighted by molar-refractivity contribution is 0.881. The summed E-state index contributed by atoms with van der Waals surface area (Å²) < 4.78 is 1.76. The van der Waals surface area contributed by atoms with Gasteiger partial charge in [-0.1, -0.05) is 0 Å². The Balaban J connectivity index is 1.50. The van der Waals surface area contributed by atoms with E-state index in [2.05, 4.69) is 51.0 Å². The maximum absolute atomic E-state index is 4.36. The molecule has 0 radical (unpaired) electrons. The molecule has 11 nitrogen and oxygen atoms in total. The van der Waals surface area contributed by atoms with Crippen LogP contribution < -0.4 is 5.32 Å². The lowest BCUT2D eigenvalue weighted by Crippen LogP contribution is -2.00. The molecule has 0 aliphatic rings. The van der Waals surface area contributed by atoms with Crippen LogP contribution >= 0.6 is 0 Å². The SMILES string of the molecule is c1cnn(-c2cc(Nc3ncc(-c4nn[nH]n4)cn3)cc3[nH]cnc23)c1. The molecule has 3 N–H and O–H groups in total. The van der Waals surface area contributed by atoms with Crippen LogP contribution in [0.2, 0.25) is 0 Å². The molecule has 0 aliphatic heterocycles. The second-order valence-corrected chi connectivity index (χ2v) is 5.40. The molecule has 1 aromatic carbocycles. The molecule has 0 saturated carbocycles. The molecular weight excluding hydrogens is 334 g/mol. The summed E-state index contributed by atoms with van der Waals surface area (Å²) in [5, 5.41) is 21.2. The Kier molecular flexibility index (Phi) is 3.14. The number of hydrogen-bond donors (Lipinski definition) is 3. The molecule has 11 heteroatoms. The van der Waals surface area contributed by atoms with E-state index in [1.165, 1.54) is 0 Å². The van der Waals surface area contributed by atoms with E-state index in [0.717, 1.165) is 22.4 Å². The maximum Gasteiger partial charge on any atom is 0.227 e. The highest BCUT2D eigenvalue weighted by atomic mass is 15.5. The van der Waals surface area contributed by atoms with Crippen LogP contribution in [0.4, 0.5) is 11.6 Å². The van der Waals surface area contributed by atoms with E-state index in [-0.39, 0.29) is 0 Å². The van der Waals surface area contributed by atoms with E-state index < -0.39 is 0 Å². The van der Waals surface area contributed by atoms with E-state index in [9.17, 15) is 0 Å². The third kappa shape index (κ3) is 2.43. The van der Waals surface area contributed by atoms with Gasteiger partial charge >= 0.3 is 0 Å². The minimum Gasteiger partial charge on any atom is -0.344 e. The molecule has 5 aromatic rings. The smallest absolute Gasteiger partial charge is 0.227 e. The van der Waals surface area contributed by atoms with Crippen LogP contribution in [0.25, 0.3) is 28.1 Å². The number of hydrogen-bond acceptors (Lipinski definition) is 8. The molecule has 4 heterocycles. The Morgan fingerprint density at radius 2 is 2.00 bits per heavy atom. The Labute approximate surface area is 145 Å². The number of nitrogens with one attached hydrogen (secondary N) is 3. The molecule has 0 atom stereocenters. The van der Waals surface area contributed by atoms with Crippen LogP contribution in [-0.2, 0) is 0 Å². The largest absolute Gasteiger partial charge is 0.344 e. The summed E-state index contributed by atoms with van der Waals surface area (Å²) in [5.74, 6) is 0.888. The summed E-state index contributed by atoms with van der Waals surface area (Å²) in [4.78, 5) is 16.1. The lowest BCUT2D eigenvalue weighted by atomic mass is 10.2. The molecule has 26 heavy (non-hydrogen) atoms. The van der Waals surface area contributed by atoms with Gasteiger partial charge in [-0.2, -0.15) is 10.3 Å². The van der Waals surface area contributed by atoms with Crippen molar-refractivity contribution < 1.29 is 0 Å².